The van der Waals surface area contributed by atoms with Crippen LogP contribution < -0.4 is 15.5 Å². The van der Waals surface area contributed by atoms with Gasteiger partial charge in [0.15, 0.2) is 0 Å². The number of carbonyl (C=O) groups excluding carboxylic acids is 2. The Hall–Kier alpha value is -1.92. The highest BCUT2D eigenvalue weighted by molar-refractivity contribution is 5.97. The lowest BCUT2D eigenvalue weighted by Crippen LogP contribution is -2.34. The van der Waals surface area contributed by atoms with Gasteiger partial charge in [0.2, 0.25) is 5.91 Å². The van der Waals surface area contributed by atoms with E-state index in [0.29, 0.717) is 25.2 Å². The molecule has 1 aromatic rings. The van der Waals surface area contributed by atoms with Gasteiger partial charge >= 0.3 is 0 Å². The number of aliphatic hydroxyl groups is 1. The topological polar surface area (TPSA) is 81.7 Å². The van der Waals surface area contributed by atoms with Gasteiger partial charge in [-0.3, -0.25) is 9.59 Å². The van der Waals surface area contributed by atoms with E-state index < -0.39 is 6.10 Å². The van der Waals surface area contributed by atoms with Crippen molar-refractivity contribution in [2.24, 2.45) is 5.92 Å². The molecule has 0 spiro atoms. The lowest BCUT2D eigenvalue weighted by Gasteiger charge is -2.16. The summed E-state index contributed by atoms with van der Waals surface area (Å²) >= 11 is 0. The molecule has 118 valence electrons. The largest absolute Gasteiger partial charge is 0.391 e. The van der Waals surface area contributed by atoms with Gasteiger partial charge < -0.3 is 20.6 Å². The molecule has 2 unspecified atom stereocenters. The normalized spacial score (nSPS) is 23.5. The molecule has 1 fully saturated rings. The molecule has 3 rings (SSSR count). The van der Waals surface area contributed by atoms with Crippen molar-refractivity contribution < 1.29 is 14.7 Å². The zero-order chi connectivity index (χ0) is 15.7. The maximum absolute atomic E-state index is 12.2. The van der Waals surface area contributed by atoms with Crippen molar-refractivity contribution in [3.8, 4) is 0 Å². The molecule has 2 amide bonds. The highest BCUT2D eigenvalue weighted by Gasteiger charge is 2.26. The van der Waals surface area contributed by atoms with Crippen molar-refractivity contribution in [2.75, 3.05) is 31.1 Å². The van der Waals surface area contributed by atoms with Gasteiger partial charge in [-0.2, -0.15) is 0 Å². The summed E-state index contributed by atoms with van der Waals surface area (Å²) in [4.78, 5) is 25.5. The fraction of sp³-hybridized carbons (Fsp3) is 0.500. The van der Waals surface area contributed by atoms with Crippen molar-refractivity contribution in [1.29, 1.82) is 0 Å². The van der Waals surface area contributed by atoms with Gasteiger partial charge in [0, 0.05) is 50.3 Å². The highest BCUT2D eigenvalue weighted by Crippen LogP contribution is 2.28. The number of carbonyl (C=O) groups is 2. The van der Waals surface area contributed by atoms with Crippen LogP contribution >= 0.6 is 0 Å². The minimum atomic E-state index is -0.399. The molecule has 6 nitrogen and oxygen atoms in total. The first-order chi connectivity index (χ1) is 10.6. The van der Waals surface area contributed by atoms with Crippen molar-refractivity contribution in [2.45, 2.75) is 19.4 Å². The third-order valence-electron chi connectivity index (χ3n) is 4.45. The van der Waals surface area contributed by atoms with Gasteiger partial charge in [-0.25, -0.2) is 0 Å². The summed E-state index contributed by atoms with van der Waals surface area (Å²) in [6.45, 7) is 4.00. The molecule has 2 aliphatic rings. The molecular weight excluding hydrogens is 282 g/mol. The monoisotopic (exact) mass is 303 g/mol. The molecule has 22 heavy (non-hydrogen) atoms. The van der Waals surface area contributed by atoms with Crippen molar-refractivity contribution in [1.82, 2.24) is 10.6 Å². The minimum Gasteiger partial charge on any atom is -0.391 e. The first-order valence-corrected chi connectivity index (χ1v) is 7.64. The average Bonchev–Trinajstić information content (AvgIpc) is 3.10. The van der Waals surface area contributed by atoms with Crippen LogP contribution in [-0.2, 0) is 11.2 Å². The number of amides is 2. The maximum atomic E-state index is 12.2. The molecule has 0 radical (unpaired) electrons. The second-order valence-electron chi connectivity index (χ2n) is 5.96. The molecule has 0 aliphatic carbocycles. The van der Waals surface area contributed by atoms with Crippen LogP contribution in [-0.4, -0.2) is 49.2 Å². The van der Waals surface area contributed by atoms with Crippen molar-refractivity contribution >= 4 is 17.5 Å². The molecule has 1 aromatic carbocycles. The van der Waals surface area contributed by atoms with Crippen molar-refractivity contribution in [3.63, 3.8) is 0 Å². The van der Waals surface area contributed by atoms with Gasteiger partial charge in [-0.1, -0.05) is 0 Å². The van der Waals surface area contributed by atoms with Crippen LogP contribution in [0, 0.1) is 5.92 Å². The number of β-amino-alcohol motifs (C(OH)–C–C–N with tert-alkyl or cyclic N) is 1. The van der Waals surface area contributed by atoms with Crippen LogP contribution in [0.4, 0.5) is 5.69 Å². The summed E-state index contributed by atoms with van der Waals surface area (Å²) in [5.74, 6) is -0.0478. The molecule has 6 heteroatoms. The Morgan fingerprint density at radius 3 is 2.91 bits per heavy atom. The minimum absolute atomic E-state index is 0.0265. The molecule has 1 saturated heterocycles. The standard InChI is InChI=1S/C16H21N3O3/c1-10(20)19-5-4-11-6-12(2-3-14(11)19)16(22)18-8-13-7-17-9-15(13)21/h2-3,6,13,15,17,21H,4-5,7-9H2,1H3,(H,18,22). The summed E-state index contributed by atoms with van der Waals surface area (Å²) < 4.78 is 0. The molecular formula is C16H21N3O3. The molecule has 0 saturated carbocycles. The smallest absolute Gasteiger partial charge is 0.251 e. The molecule has 2 atom stereocenters. The number of aliphatic hydroxyl groups excluding tert-OH is 1. The second kappa shape index (κ2) is 6.06. The molecule has 0 bridgehead atoms. The molecule has 3 N–H and O–H groups in total. The molecule has 0 aromatic heterocycles. The van der Waals surface area contributed by atoms with E-state index in [-0.39, 0.29) is 17.7 Å². The van der Waals surface area contributed by atoms with Gasteiger partial charge in [-0.15, -0.1) is 0 Å². The molecule has 2 heterocycles. The fourth-order valence-corrected chi connectivity index (χ4v) is 3.12. The highest BCUT2D eigenvalue weighted by atomic mass is 16.3. The zero-order valence-corrected chi connectivity index (χ0v) is 12.6. The van der Waals surface area contributed by atoms with Crippen LogP contribution in [0.1, 0.15) is 22.8 Å². The van der Waals surface area contributed by atoms with E-state index in [2.05, 4.69) is 10.6 Å². The number of fused-ring (bicyclic) bond motifs is 1. The number of nitrogens with one attached hydrogen (secondary N) is 2. The van der Waals surface area contributed by atoms with E-state index >= 15 is 0 Å². The van der Waals surface area contributed by atoms with Crippen LogP contribution in [0.5, 0.6) is 0 Å². The van der Waals surface area contributed by atoms with Crippen LogP contribution in [0.15, 0.2) is 18.2 Å². The van der Waals surface area contributed by atoms with Crippen LogP contribution in [0.3, 0.4) is 0 Å². The Labute approximate surface area is 129 Å². The van der Waals surface area contributed by atoms with E-state index in [1.54, 1.807) is 17.9 Å². The fourth-order valence-electron chi connectivity index (χ4n) is 3.12. The number of anilines is 1. The van der Waals surface area contributed by atoms with E-state index in [4.69, 9.17) is 0 Å². The summed E-state index contributed by atoms with van der Waals surface area (Å²) in [5, 5.41) is 15.7. The Balaban J connectivity index is 1.65. The summed E-state index contributed by atoms with van der Waals surface area (Å²) in [7, 11) is 0. The Morgan fingerprint density at radius 1 is 1.41 bits per heavy atom. The predicted molar refractivity (Wildman–Crippen MR) is 82.9 cm³/mol. The average molecular weight is 303 g/mol. The lowest BCUT2D eigenvalue weighted by atomic mass is 10.1. The first kappa shape index (κ1) is 15.0. The van der Waals surface area contributed by atoms with E-state index in [1.807, 2.05) is 12.1 Å². The number of nitrogens with zero attached hydrogens (tertiary/aromatic N) is 1. The van der Waals surface area contributed by atoms with E-state index in [9.17, 15) is 14.7 Å². The van der Waals surface area contributed by atoms with Crippen LogP contribution in [0.2, 0.25) is 0 Å². The van der Waals surface area contributed by atoms with Gasteiger partial charge in [0.1, 0.15) is 0 Å². The predicted octanol–water partition coefficient (Wildman–Crippen LogP) is -0.0943. The number of hydrogen-bond acceptors (Lipinski definition) is 4. The Bertz CT molecular complexity index is 602. The van der Waals surface area contributed by atoms with Gasteiger partial charge in [0.25, 0.3) is 5.91 Å². The summed E-state index contributed by atoms with van der Waals surface area (Å²) in [5.41, 5.74) is 2.54. The Kier molecular flexibility index (Phi) is 4.13. The summed E-state index contributed by atoms with van der Waals surface area (Å²) in [6, 6.07) is 5.44. The number of benzene rings is 1. The lowest BCUT2D eigenvalue weighted by molar-refractivity contribution is -0.116. The quantitative estimate of drug-likeness (QED) is 0.729. The maximum Gasteiger partial charge on any atom is 0.251 e. The van der Waals surface area contributed by atoms with E-state index in [0.717, 1.165) is 24.2 Å². The SMILES string of the molecule is CC(=O)N1CCc2cc(C(=O)NCC3CNCC3O)ccc21. The third-order valence-corrected chi connectivity index (χ3v) is 4.45. The molecule has 2 aliphatic heterocycles. The third kappa shape index (κ3) is 2.84. The first-order valence-electron chi connectivity index (χ1n) is 7.64. The summed E-state index contributed by atoms with van der Waals surface area (Å²) in [6.07, 6.45) is 0.380. The Morgan fingerprint density at radius 2 is 2.23 bits per heavy atom. The number of hydrogen-bond donors (Lipinski definition) is 3. The van der Waals surface area contributed by atoms with Gasteiger partial charge in [-0.05, 0) is 30.2 Å². The van der Waals surface area contributed by atoms with Crippen LogP contribution in [0.25, 0.3) is 0 Å². The van der Waals surface area contributed by atoms with Crippen molar-refractivity contribution in [3.05, 3.63) is 29.3 Å². The van der Waals surface area contributed by atoms with E-state index in [1.165, 1.54) is 0 Å². The second-order valence-corrected chi connectivity index (χ2v) is 5.96. The van der Waals surface area contributed by atoms with Gasteiger partial charge in [0.05, 0.1) is 6.10 Å². The number of rotatable bonds is 3. The zero-order valence-electron chi connectivity index (χ0n) is 12.6.